The highest BCUT2D eigenvalue weighted by molar-refractivity contribution is 5.97. The molecule has 0 aliphatic carbocycles. The highest BCUT2D eigenvalue weighted by Gasteiger charge is 2.13. The fourth-order valence-electron chi connectivity index (χ4n) is 3.63. The molecular formula is C24H22N2O2. The second kappa shape index (κ2) is 7.69. The number of amides is 1. The molecule has 0 saturated carbocycles. The Labute approximate surface area is 163 Å². The molecule has 0 fully saturated rings. The highest BCUT2D eigenvalue weighted by atomic mass is 16.2. The van der Waals surface area contributed by atoms with Crippen molar-refractivity contribution < 1.29 is 4.79 Å². The van der Waals surface area contributed by atoms with Gasteiger partial charge in [-0.15, -0.1) is 0 Å². The van der Waals surface area contributed by atoms with Gasteiger partial charge in [0.25, 0.3) is 0 Å². The van der Waals surface area contributed by atoms with E-state index < -0.39 is 0 Å². The van der Waals surface area contributed by atoms with E-state index in [1.807, 2.05) is 77.4 Å². The molecule has 1 amide bonds. The number of pyridine rings is 1. The fourth-order valence-corrected chi connectivity index (χ4v) is 3.63. The number of fused-ring (bicyclic) bond motifs is 2. The van der Waals surface area contributed by atoms with Crippen molar-refractivity contribution in [2.24, 2.45) is 0 Å². The Bertz CT molecular complexity index is 1150. The maximum absolute atomic E-state index is 12.8. The summed E-state index contributed by atoms with van der Waals surface area (Å²) in [6.45, 7) is 2.28. The summed E-state index contributed by atoms with van der Waals surface area (Å²) in [5.74, 6) is -0.123. The Hall–Kier alpha value is -3.40. The molecule has 0 aliphatic heterocycles. The summed E-state index contributed by atoms with van der Waals surface area (Å²) >= 11 is 0. The minimum atomic E-state index is -0.123. The molecule has 1 aromatic heterocycles. The standard InChI is InChI=1S/C24H22N2O2/c1-2-7-17-12-14-18(15-13-17)25-23(27)16-26-21-10-5-3-8-19(21)24(28)20-9-4-6-11-22(20)26/h3-6,8-15H,2,7,16H2,1H3,(H,25,27). The lowest BCUT2D eigenvalue weighted by atomic mass is 10.1. The Kier molecular flexibility index (Phi) is 4.94. The van der Waals surface area contributed by atoms with Crippen molar-refractivity contribution in [3.63, 3.8) is 0 Å². The molecule has 1 N–H and O–H groups in total. The van der Waals surface area contributed by atoms with Gasteiger partial charge in [0.1, 0.15) is 6.54 Å². The molecule has 0 radical (unpaired) electrons. The van der Waals surface area contributed by atoms with E-state index >= 15 is 0 Å². The van der Waals surface area contributed by atoms with Crippen LogP contribution in [0.15, 0.2) is 77.6 Å². The Morgan fingerprint density at radius 2 is 1.43 bits per heavy atom. The van der Waals surface area contributed by atoms with Crippen LogP contribution in [0.4, 0.5) is 5.69 Å². The monoisotopic (exact) mass is 370 g/mol. The van der Waals surface area contributed by atoms with Gasteiger partial charge >= 0.3 is 0 Å². The number of para-hydroxylation sites is 2. The molecule has 1 heterocycles. The molecule has 0 aliphatic rings. The molecule has 4 aromatic rings. The predicted molar refractivity (Wildman–Crippen MR) is 115 cm³/mol. The van der Waals surface area contributed by atoms with Gasteiger partial charge in [-0.2, -0.15) is 0 Å². The van der Waals surface area contributed by atoms with Crippen LogP contribution in [0, 0.1) is 0 Å². The van der Waals surface area contributed by atoms with Crippen LogP contribution in [0.25, 0.3) is 21.8 Å². The number of carbonyl (C=O) groups is 1. The minimum Gasteiger partial charge on any atom is -0.331 e. The van der Waals surface area contributed by atoms with Crippen LogP contribution in [0.3, 0.4) is 0 Å². The number of aromatic nitrogens is 1. The largest absolute Gasteiger partial charge is 0.331 e. The number of benzene rings is 3. The Morgan fingerprint density at radius 3 is 2.00 bits per heavy atom. The number of hydrogen-bond donors (Lipinski definition) is 1. The molecule has 140 valence electrons. The van der Waals surface area contributed by atoms with Crippen LogP contribution < -0.4 is 10.7 Å². The van der Waals surface area contributed by atoms with E-state index in [1.54, 1.807) is 0 Å². The molecule has 3 aromatic carbocycles. The molecule has 0 bridgehead atoms. The van der Waals surface area contributed by atoms with Gasteiger partial charge in [-0.3, -0.25) is 9.59 Å². The summed E-state index contributed by atoms with van der Waals surface area (Å²) in [5.41, 5.74) is 3.56. The second-order valence-corrected chi connectivity index (χ2v) is 6.94. The fraction of sp³-hybridized carbons (Fsp3) is 0.167. The van der Waals surface area contributed by atoms with Gasteiger partial charge in [0.2, 0.25) is 5.91 Å². The lowest BCUT2D eigenvalue weighted by Gasteiger charge is -2.15. The molecule has 0 spiro atoms. The number of rotatable bonds is 5. The SMILES string of the molecule is CCCc1ccc(NC(=O)Cn2c3ccccc3c(=O)c3ccccc32)cc1. The van der Waals surface area contributed by atoms with Crippen LogP contribution in [0.5, 0.6) is 0 Å². The van der Waals surface area contributed by atoms with Crippen molar-refractivity contribution >= 4 is 33.4 Å². The smallest absolute Gasteiger partial charge is 0.244 e. The molecule has 28 heavy (non-hydrogen) atoms. The normalized spacial score (nSPS) is 11.0. The Morgan fingerprint density at radius 1 is 0.857 bits per heavy atom. The third-order valence-corrected chi connectivity index (χ3v) is 4.96. The van der Waals surface area contributed by atoms with E-state index in [-0.39, 0.29) is 17.9 Å². The van der Waals surface area contributed by atoms with Crippen LogP contribution >= 0.6 is 0 Å². The summed E-state index contributed by atoms with van der Waals surface area (Å²) < 4.78 is 1.91. The quantitative estimate of drug-likeness (QED) is 0.516. The summed E-state index contributed by atoms with van der Waals surface area (Å²) in [6, 6.07) is 22.8. The number of hydrogen-bond acceptors (Lipinski definition) is 2. The first kappa shape index (κ1) is 18.0. The first-order valence-electron chi connectivity index (χ1n) is 9.56. The molecule has 0 unspecified atom stereocenters. The maximum Gasteiger partial charge on any atom is 0.244 e. The zero-order valence-corrected chi connectivity index (χ0v) is 15.8. The van der Waals surface area contributed by atoms with Gasteiger partial charge in [-0.25, -0.2) is 0 Å². The van der Waals surface area contributed by atoms with E-state index in [2.05, 4.69) is 12.2 Å². The van der Waals surface area contributed by atoms with E-state index in [9.17, 15) is 9.59 Å². The molecule has 0 saturated heterocycles. The maximum atomic E-state index is 12.8. The van der Waals surface area contributed by atoms with Crippen molar-refractivity contribution in [2.45, 2.75) is 26.3 Å². The van der Waals surface area contributed by atoms with Crippen molar-refractivity contribution in [1.29, 1.82) is 0 Å². The zero-order valence-electron chi connectivity index (χ0n) is 15.8. The number of nitrogens with one attached hydrogen (secondary N) is 1. The molecule has 0 atom stereocenters. The molecular weight excluding hydrogens is 348 g/mol. The number of anilines is 1. The summed E-state index contributed by atoms with van der Waals surface area (Å²) in [5, 5.41) is 4.21. The van der Waals surface area contributed by atoms with Gasteiger partial charge in [-0.05, 0) is 48.4 Å². The number of aryl methyl sites for hydroxylation is 1. The van der Waals surface area contributed by atoms with Crippen LogP contribution in [0.2, 0.25) is 0 Å². The van der Waals surface area contributed by atoms with Gasteiger partial charge in [-0.1, -0.05) is 49.7 Å². The van der Waals surface area contributed by atoms with Gasteiger partial charge in [0, 0.05) is 16.5 Å². The number of carbonyl (C=O) groups excluding carboxylic acids is 1. The van der Waals surface area contributed by atoms with E-state index in [0.29, 0.717) is 10.8 Å². The predicted octanol–water partition coefficient (Wildman–Crippen LogP) is 4.75. The third-order valence-electron chi connectivity index (χ3n) is 4.96. The summed E-state index contributed by atoms with van der Waals surface area (Å²) in [7, 11) is 0. The van der Waals surface area contributed by atoms with Gasteiger partial charge in [0.05, 0.1) is 11.0 Å². The lowest BCUT2D eigenvalue weighted by Crippen LogP contribution is -2.21. The third kappa shape index (κ3) is 3.41. The Balaban J connectivity index is 1.69. The van der Waals surface area contributed by atoms with Crippen molar-refractivity contribution in [1.82, 2.24) is 4.57 Å². The van der Waals surface area contributed by atoms with Crippen LogP contribution in [-0.4, -0.2) is 10.5 Å². The number of nitrogens with zero attached hydrogens (tertiary/aromatic N) is 1. The minimum absolute atomic E-state index is 0.00521. The first-order valence-corrected chi connectivity index (χ1v) is 9.56. The molecule has 4 heteroatoms. The van der Waals surface area contributed by atoms with Crippen LogP contribution in [-0.2, 0) is 17.8 Å². The van der Waals surface area contributed by atoms with Gasteiger partial charge in [0.15, 0.2) is 5.43 Å². The first-order chi connectivity index (χ1) is 13.7. The van der Waals surface area contributed by atoms with E-state index in [0.717, 1.165) is 29.6 Å². The highest BCUT2D eigenvalue weighted by Crippen LogP contribution is 2.19. The van der Waals surface area contributed by atoms with Crippen molar-refractivity contribution in [3.8, 4) is 0 Å². The second-order valence-electron chi connectivity index (χ2n) is 6.94. The van der Waals surface area contributed by atoms with Crippen LogP contribution in [0.1, 0.15) is 18.9 Å². The molecule has 4 nitrogen and oxygen atoms in total. The average molecular weight is 370 g/mol. The molecule has 4 rings (SSSR count). The van der Waals surface area contributed by atoms with Crippen molar-refractivity contribution in [3.05, 3.63) is 88.6 Å². The summed E-state index contributed by atoms with van der Waals surface area (Å²) in [6.07, 6.45) is 2.13. The lowest BCUT2D eigenvalue weighted by molar-refractivity contribution is -0.116. The van der Waals surface area contributed by atoms with E-state index in [1.165, 1.54) is 5.56 Å². The summed E-state index contributed by atoms with van der Waals surface area (Å²) in [4.78, 5) is 25.5. The zero-order chi connectivity index (χ0) is 19.5. The average Bonchev–Trinajstić information content (AvgIpc) is 2.73. The topological polar surface area (TPSA) is 51.1 Å². The van der Waals surface area contributed by atoms with E-state index in [4.69, 9.17) is 0 Å². The van der Waals surface area contributed by atoms with Crippen molar-refractivity contribution in [2.75, 3.05) is 5.32 Å². The van der Waals surface area contributed by atoms with Gasteiger partial charge < -0.3 is 9.88 Å².